The molecule has 0 spiro atoms. The molecule has 1 aromatic heterocycles. The number of esters is 1. The maximum Gasteiger partial charge on any atom is 0.410 e. The van der Waals surface area contributed by atoms with Gasteiger partial charge in [-0.3, -0.25) is 34.7 Å². The van der Waals surface area contributed by atoms with Gasteiger partial charge in [-0.1, -0.05) is 6.92 Å². The molecule has 0 unspecified atom stereocenters. The van der Waals surface area contributed by atoms with Crippen molar-refractivity contribution in [2.75, 3.05) is 19.6 Å². The summed E-state index contributed by atoms with van der Waals surface area (Å²) in [7, 11) is 0. The predicted octanol–water partition coefficient (Wildman–Crippen LogP) is 2.80. The predicted molar refractivity (Wildman–Crippen MR) is 190 cm³/mol. The van der Waals surface area contributed by atoms with E-state index < -0.39 is 63.1 Å². The minimum Gasteiger partial charge on any atom is -0.456 e. The van der Waals surface area contributed by atoms with Gasteiger partial charge < -0.3 is 24.4 Å². The molecule has 3 fully saturated rings. The lowest BCUT2D eigenvalue weighted by Crippen LogP contribution is -2.63. The van der Waals surface area contributed by atoms with Crippen molar-refractivity contribution < 1.29 is 43.6 Å². The molecule has 0 bridgehead atoms. The minimum atomic E-state index is -0.981. The van der Waals surface area contributed by atoms with E-state index >= 15 is 0 Å². The Kier molecular flexibility index (Phi) is 10.3. The molecule has 3 saturated heterocycles. The molecule has 288 valence electrons. The molecule has 20 heteroatoms. The standard InChI is InChI=1S/C35H36N8O11S/c1-19-29-28(20(2)44)33(46)41(29)30(34(47)53-15-21-3-7-23(8-4-21)42(49)50)31(19)55-26-11-27(32(45)38-12-25(13-38)40-18-36-17-37-40)39(14-26)35(48)54-16-22-5-9-24(10-6-22)43(51)52/h3-10,17-20,25-29,44H,11-16H2,1-2H3/t19-,20-,26+,27+,28-,29-/m1/s1. The third-order valence-electron chi connectivity index (χ3n) is 10.4. The molecule has 0 saturated carbocycles. The number of carbonyl (C=O) groups excluding carboxylic acids is 4. The summed E-state index contributed by atoms with van der Waals surface area (Å²) in [4.78, 5) is 84.6. The molecule has 19 nitrogen and oxygen atoms in total. The Morgan fingerprint density at radius 2 is 1.56 bits per heavy atom. The number of benzene rings is 2. The molecular formula is C35H36N8O11S. The lowest BCUT2D eigenvalue weighted by molar-refractivity contribution is -0.385. The van der Waals surface area contributed by atoms with Gasteiger partial charge in [-0.25, -0.2) is 19.3 Å². The molecule has 6 atom stereocenters. The number of nitro groups is 2. The van der Waals surface area contributed by atoms with Crippen molar-refractivity contribution in [3.8, 4) is 0 Å². The van der Waals surface area contributed by atoms with Gasteiger partial charge in [-0.05, 0) is 48.7 Å². The number of aromatic nitrogens is 3. The highest BCUT2D eigenvalue weighted by Crippen LogP contribution is 2.52. The van der Waals surface area contributed by atoms with Crippen LogP contribution in [0.25, 0.3) is 0 Å². The zero-order valence-corrected chi connectivity index (χ0v) is 30.4. The smallest absolute Gasteiger partial charge is 0.410 e. The molecule has 4 aliphatic heterocycles. The molecule has 3 amide bonds. The highest BCUT2D eigenvalue weighted by molar-refractivity contribution is 8.03. The number of aliphatic hydroxyl groups is 1. The number of nitro benzene ring substituents is 2. The molecule has 0 aliphatic carbocycles. The van der Waals surface area contributed by atoms with Gasteiger partial charge >= 0.3 is 12.1 Å². The average molecular weight is 777 g/mol. The first-order chi connectivity index (χ1) is 26.3. The van der Waals surface area contributed by atoms with E-state index in [4.69, 9.17) is 9.47 Å². The Hall–Kier alpha value is -5.89. The topological polar surface area (TPSA) is 234 Å². The molecular weight excluding hydrogens is 740 g/mol. The number of β-lactam (4-membered cyclic amide) rings is 1. The van der Waals surface area contributed by atoms with Crippen molar-refractivity contribution in [2.45, 2.75) is 63.0 Å². The Morgan fingerprint density at radius 1 is 0.964 bits per heavy atom. The van der Waals surface area contributed by atoms with Crippen LogP contribution >= 0.6 is 11.8 Å². The van der Waals surface area contributed by atoms with Gasteiger partial charge in [0.2, 0.25) is 11.8 Å². The molecule has 5 heterocycles. The van der Waals surface area contributed by atoms with E-state index in [0.717, 1.165) is 0 Å². The highest BCUT2D eigenvalue weighted by Gasteiger charge is 2.61. The van der Waals surface area contributed by atoms with E-state index in [2.05, 4.69) is 10.1 Å². The van der Waals surface area contributed by atoms with Crippen LogP contribution in [0.5, 0.6) is 0 Å². The second kappa shape index (κ2) is 15.1. The van der Waals surface area contributed by atoms with Crippen LogP contribution in [-0.2, 0) is 37.1 Å². The molecule has 2 aromatic carbocycles. The SMILES string of the molecule is C[C@@H](O)[C@H]1C(=O)N2C(C(=O)OCc3ccc([N+](=O)[O-])cc3)=C(S[C@H]3C[C@@H](C(=O)N4CC(n5cncn5)C4)N(C(=O)OCc4ccc([N+](=O)[O-])cc4)C3)[C@H](C)[C@H]12. The number of ether oxygens (including phenoxy) is 2. The van der Waals surface area contributed by atoms with Crippen LogP contribution in [0.1, 0.15) is 37.4 Å². The van der Waals surface area contributed by atoms with Crippen LogP contribution in [0, 0.1) is 32.1 Å². The van der Waals surface area contributed by atoms with Crippen LogP contribution in [-0.4, -0.2) is 111 Å². The van der Waals surface area contributed by atoms with Crippen LogP contribution in [0.4, 0.5) is 16.2 Å². The Labute approximate surface area is 317 Å². The first-order valence-electron chi connectivity index (χ1n) is 17.4. The third kappa shape index (κ3) is 7.21. The lowest BCUT2D eigenvalue weighted by atomic mass is 9.79. The van der Waals surface area contributed by atoms with Gasteiger partial charge in [0.1, 0.15) is 37.6 Å². The van der Waals surface area contributed by atoms with Gasteiger partial charge in [-0.2, -0.15) is 5.10 Å². The van der Waals surface area contributed by atoms with Crippen LogP contribution in [0.3, 0.4) is 0 Å². The van der Waals surface area contributed by atoms with Crippen molar-refractivity contribution in [2.24, 2.45) is 11.8 Å². The maximum absolute atomic E-state index is 14.0. The maximum atomic E-state index is 14.0. The Bertz CT molecular complexity index is 2040. The van der Waals surface area contributed by atoms with Crippen molar-refractivity contribution in [1.29, 1.82) is 0 Å². The van der Waals surface area contributed by atoms with Gasteiger partial charge in [-0.15, -0.1) is 11.8 Å². The van der Waals surface area contributed by atoms with Crippen molar-refractivity contribution in [3.63, 3.8) is 0 Å². The fourth-order valence-corrected chi connectivity index (χ4v) is 8.98. The largest absolute Gasteiger partial charge is 0.456 e. The van der Waals surface area contributed by atoms with Gasteiger partial charge in [0.05, 0.1) is 34.0 Å². The monoisotopic (exact) mass is 776 g/mol. The van der Waals surface area contributed by atoms with E-state index in [1.165, 1.54) is 83.3 Å². The summed E-state index contributed by atoms with van der Waals surface area (Å²) in [5.41, 5.74) is 0.780. The summed E-state index contributed by atoms with van der Waals surface area (Å²) in [6.07, 6.45) is 1.42. The number of thioether (sulfide) groups is 1. The number of hydrogen-bond acceptors (Lipinski definition) is 14. The Balaban J connectivity index is 1.11. The van der Waals surface area contributed by atoms with Gasteiger partial charge in [0.25, 0.3) is 11.4 Å². The number of amides is 3. The number of rotatable bonds is 12. The Morgan fingerprint density at radius 3 is 2.11 bits per heavy atom. The van der Waals surface area contributed by atoms with E-state index in [-0.39, 0.29) is 55.2 Å². The number of likely N-dealkylation sites (tertiary alicyclic amines) is 2. The fraction of sp³-hybridized carbons (Fsp3) is 0.429. The second-order valence-corrected chi connectivity index (χ2v) is 15.2. The quantitative estimate of drug-likeness (QED) is 0.121. The molecule has 3 aromatic rings. The number of nitrogens with zero attached hydrogens (tertiary/aromatic N) is 8. The van der Waals surface area contributed by atoms with Crippen molar-refractivity contribution >= 4 is 47.0 Å². The molecule has 1 N–H and O–H groups in total. The zero-order chi connectivity index (χ0) is 39.1. The first-order valence-corrected chi connectivity index (χ1v) is 18.3. The van der Waals surface area contributed by atoms with E-state index in [1.54, 1.807) is 15.9 Å². The second-order valence-electron chi connectivity index (χ2n) is 13.9. The summed E-state index contributed by atoms with van der Waals surface area (Å²) >= 11 is 1.27. The van der Waals surface area contributed by atoms with Crippen LogP contribution in [0.2, 0.25) is 0 Å². The van der Waals surface area contributed by atoms with Crippen LogP contribution in [0.15, 0.2) is 71.8 Å². The normalized spacial score (nSPS) is 23.9. The molecule has 7 rings (SSSR count). The third-order valence-corrected chi connectivity index (χ3v) is 11.9. The van der Waals surface area contributed by atoms with E-state index in [9.17, 15) is 44.5 Å². The zero-order valence-electron chi connectivity index (χ0n) is 29.6. The summed E-state index contributed by atoms with van der Waals surface area (Å²) < 4.78 is 12.9. The summed E-state index contributed by atoms with van der Waals surface area (Å²) in [6, 6.07) is 9.54. The number of aliphatic hydroxyl groups excluding tert-OH is 1. The van der Waals surface area contributed by atoms with E-state index in [0.29, 0.717) is 29.1 Å². The lowest BCUT2D eigenvalue weighted by Gasteiger charge is -2.46. The number of hydrogen-bond donors (Lipinski definition) is 1. The van der Waals surface area contributed by atoms with Crippen LogP contribution < -0.4 is 0 Å². The summed E-state index contributed by atoms with van der Waals surface area (Å²) in [5.74, 6) is -2.67. The molecule has 4 aliphatic rings. The highest BCUT2D eigenvalue weighted by atomic mass is 32.2. The molecule has 55 heavy (non-hydrogen) atoms. The first kappa shape index (κ1) is 37.4. The van der Waals surface area contributed by atoms with Crippen molar-refractivity contribution in [1.82, 2.24) is 29.5 Å². The summed E-state index contributed by atoms with van der Waals surface area (Å²) in [6.45, 7) is 3.70. The number of carbonyl (C=O) groups is 4. The average Bonchev–Trinajstić information content (AvgIpc) is 3.88. The number of fused-ring (bicyclic) bond motifs is 1. The number of non-ortho nitro benzene ring substituents is 2. The summed E-state index contributed by atoms with van der Waals surface area (Å²) in [5, 5.41) is 36.3. The van der Waals surface area contributed by atoms with E-state index in [1.807, 2.05) is 6.92 Å². The minimum absolute atomic E-state index is 0.0202. The molecule has 0 radical (unpaired) electrons. The van der Waals surface area contributed by atoms with Gasteiger partial charge in [0.15, 0.2) is 0 Å². The fourth-order valence-electron chi connectivity index (χ4n) is 7.46. The van der Waals surface area contributed by atoms with Gasteiger partial charge in [0, 0.05) is 60.0 Å². The van der Waals surface area contributed by atoms with Crippen molar-refractivity contribution in [3.05, 3.63) is 103 Å².